The van der Waals surface area contributed by atoms with Crippen LogP contribution in [0.2, 0.25) is 0 Å². The van der Waals surface area contributed by atoms with Crippen LogP contribution < -0.4 is 10.6 Å². The van der Waals surface area contributed by atoms with Crippen LogP contribution in [0.3, 0.4) is 0 Å². The SMILES string of the molecule is NC[C@H]1CN(c2ccc(C3C=CSC(O)C3O)cc2)C(=O)O1. The Hall–Kier alpha value is -1.54. The van der Waals surface area contributed by atoms with E-state index in [9.17, 15) is 15.0 Å². The van der Waals surface area contributed by atoms with Crippen LogP contribution in [0, 0.1) is 0 Å². The van der Waals surface area contributed by atoms with E-state index in [-0.39, 0.29) is 12.0 Å². The van der Waals surface area contributed by atoms with Crippen molar-refractivity contribution in [3.63, 3.8) is 0 Å². The molecule has 2 aliphatic rings. The van der Waals surface area contributed by atoms with E-state index < -0.39 is 17.6 Å². The largest absolute Gasteiger partial charge is 0.443 e. The van der Waals surface area contributed by atoms with Gasteiger partial charge in [0.15, 0.2) is 0 Å². The van der Waals surface area contributed by atoms with Crippen molar-refractivity contribution in [1.82, 2.24) is 0 Å². The summed E-state index contributed by atoms with van der Waals surface area (Å²) in [5.41, 5.74) is 6.31. The summed E-state index contributed by atoms with van der Waals surface area (Å²) in [4.78, 5) is 13.3. The van der Waals surface area contributed by atoms with Crippen LogP contribution >= 0.6 is 11.8 Å². The maximum atomic E-state index is 11.8. The van der Waals surface area contributed by atoms with Gasteiger partial charge in [-0.15, -0.1) is 11.8 Å². The number of benzene rings is 1. The minimum Gasteiger partial charge on any atom is -0.443 e. The number of amides is 1. The van der Waals surface area contributed by atoms with Crippen molar-refractivity contribution < 1.29 is 19.7 Å². The first kappa shape index (κ1) is 15.4. The normalized spacial score (nSPS) is 31.4. The topological polar surface area (TPSA) is 96.0 Å². The lowest BCUT2D eigenvalue weighted by Crippen LogP contribution is -2.30. The summed E-state index contributed by atoms with van der Waals surface area (Å²) in [7, 11) is 0. The molecule has 2 aliphatic heterocycles. The molecule has 7 heteroatoms. The second kappa shape index (κ2) is 6.29. The highest BCUT2D eigenvalue weighted by Crippen LogP contribution is 2.34. The van der Waals surface area contributed by atoms with Crippen LogP contribution in [0.5, 0.6) is 0 Å². The number of ether oxygens (including phenoxy) is 1. The summed E-state index contributed by atoms with van der Waals surface area (Å²) in [5.74, 6) is -0.257. The van der Waals surface area contributed by atoms with Gasteiger partial charge in [0.25, 0.3) is 0 Å². The number of hydrogen-bond donors (Lipinski definition) is 3. The Balaban J connectivity index is 1.77. The lowest BCUT2D eigenvalue weighted by atomic mass is 9.93. The van der Waals surface area contributed by atoms with Crippen LogP contribution in [0.15, 0.2) is 35.7 Å². The average molecular weight is 322 g/mol. The molecule has 1 aromatic carbocycles. The molecule has 0 aliphatic carbocycles. The molecule has 1 amide bonds. The van der Waals surface area contributed by atoms with E-state index in [0.29, 0.717) is 13.1 Å². The summed E-state index contributed by atoms with van der Waals surface area (Å²) in [6, 6.07) is 7.31. The maximum absolute atomic E-state index is 11.8. The number of nitrogens with two attached hydrogens (primary N) is 1. The molecule has 3 unspecified atom stereocenters. The maximum Gasteiger partial charge on any atom is 0.414 e. The monoisotopic (exact) mass is 322 g/mol. The van der Waals surface area contributed by atoms with Gasteiger partial charge in [0.05, 0.1) is 12.6 Å². The van der Waals surface area contributed by atoms with Gasteiger partial charge in [-0.3, -0.25) is 4.90 Å². The first-order chi connectivity index (χ1) is 10.6. The number of hydrogen-bond acceptors (Lipinski definition) is 6. The lowest BCUT2D eigenvalue weighted by molar-refractivity contribution is 0.0620. The zero-order valence-electron chi connectivity index (χ0n) is 11.8. The fraction of sp³-hybridized carbons (Fsp3) is 0.400. The molecular weight excluding hydrogens is 304 g/mol. The highest BCUT2D eigenvalue weighted by atomic mass is 32.2. The van der Waals surface area contributed by atoms with Crippen molar-refractivity contribution in [2.45, 2.75) is 23.6 Å². The lowest BCUT2D eigenvalue weighted by Gasteiger charge is -2.27. The van der Waals surface area contributed by atoms with Gasteiger partial charge in [0.1, 0.15) is 11.5 Å². The molecule has 118 valence electrons. The molecule has 3 rings (SSSR count). The Morgan fingerprint density at radius 3 is 2.68 bits per heavy atom. The van der Waals surface area contributed by atoms with Crippen molar-refractivity contribution in [2.24, 2.45) is 5.73 Å². The zero-order chi connectivity index (χ0) is 15.7. The number of carbonyl (C=O) groups is 1. The molecule has 1 saturated heterocycles. The van der Waals surface area contributed by atoms with Gasteiger partial charge in [-0.1, -0.05) is 18.2 Å². The number of rotatable bonds is 3. The molecule has 4 atom stereocenters. The van der Waals surface area contributed by atoms with Gasteiger partial charge in [-0.2, -0.15) is 0 Å². The predicted molar refractivity (Wildman–Crippen MR) is 84.6 cm³/mol. The predicted octanol–water partition coefficient (Wildman–Crippen LogP) is 0.994. The molecule has 0 bridgehead atoms. The Kier molecular flexibility index (Phi) is 4.39. The number of aliphatic hydroxyl groups excluding tert-OH is 2. The second-order valence-electron chi connectivity index (χ2n) is 5.32. The van der Waals surface area contributed by atoms with Gasteiger partial charge in [0.2, 0.25) is 0 Å². The van der Waals surface area contributed by atoms with Gasteiger partial charge in [-0.05, 0) is 23.1 Å². The van der Waals surface area contributed by atoms with Gasteiger partial charge >= 0.3 is 6.09 Å². The number of thioether (sulfide) groups is 1. The molecule has 1 fully saturated rings. The van der Waals surface area contributed by atoms with Crippen LogP contribution in [0.1, 0.15) is 11.5 Å². The molecule has 1 aromatic rings. The van der Waals surface area contributed by atoms with Crippen LogP contribution in [-0.4, -0.2) is 47.0 Å². The van der Waals surface area contributed by atoms with E-state index in [4.69, 9.17) is 10.5 Å². The van der Waals surface area contributed by atoms with Crippen LogP contribution in [0.4, 0.5) is 10.5 Å². The van der Waals surface area contributed by atoms with Gasteiger partial charge in [-0.25, -0.2) is 4.79 Å². The van der Waals surface area contributed by atoms with Crippen LogP contribution in [0.25, 0.3) is 0 Å². The second-order valence-corrected chi connectivity index (χ2v) is 6.34. The highest BCUT2D eigenvalue weighted by Gasteiger charge is 2.32. The first-order valence-electron chi connectivity index (χ1n) is 7.06. The highest BCUT2D eigenvalue weighted by molar-refractivity contribution is 8.02. The van der Waals surface area contributed by atoms with E-state index >= 15 is 0 Å². The van der Waals surface area contributed by atoms with E-state index in [1.54, 1.807) is 10.3 Å². The third kappa shape index (κ3) is 2.85. The molecule has 22 heavy (non-hydrogen) atoms. The molecule has 0 saturated carbocycles. The Bertz CT molecular complexity index is 577. The number of anilines is 1. The van der Waals surface area contributed by atoms with Crippen LogP contribution in [-0.2, 0) is 4.74 Å². The summed E-state index contributed by atoms with van der Waals surface area (Å²) < 4.78 is 5.13. The Morgan fingerprint density at radius 2 is 2.05 bits per heavy atom. The first-order valence-corrected chi connectivity index (χ1v) is 8.01. The quantitative estimate of drug-likeness (QED) is 0.768. The number of nitrogens with zero attached hydrogens (tertiary/aromatic N) is 1. The molecular formula is C15H18N2O4S. The summed E-state index contributed by atoms with van der Waals surface area (Å²) in [6.07, 6.45) is 0.348. The minimum atomic E-state index is -0.848. The molecule has 0 aromatic heterocycles. The van der Waals surface area contributed by atoms with E-state index in [1.807, 2.05) is 30.3 Å². The molecule has 6 nitrogen and oxygen atoms in total. The third-order valence-corrected chi connectivity index (χ3v) is 4.76. The summed E-state index contributed by atoms with van der Waals surface area (Å²) in [5, 5.41) is 21.6. The number of cyclic esters (lactones) is 1. The number of carbonyl (C=O) groups excluding carboxylic acids is 1. The third-order valence-electron chi connectivity index (χ3n) is 3.89. The van der Waals surface area contributed by atoms with Crippen molar-refractivity contribution in [1.29, 1.82) is 0 Å². The minimum absolute atomic E-state index is 0.257. The van der Waals surface area contributed by atoms with Gasteiger partial charge < -0.3 is 20.7 Å². The molecule has 0 radical (unpaired) electrons. The van der Waals surface area contributed by atoms with Gasteiger partial charge in [0, 0.05) is 18.2 Å². The van der Waals surface area contributed by atoms with Crippen molar-refractivity contribution in [3.05, 3.63) is 41.3 Å². The smallest absolute Gasteiger partial charge is 0.414 e. The zero-order valence-corrected chi connectivity index (χ0v) is 12.6. The molecule has 0 spiro atoms. The number of aliphatic hydroxyl groups is 2. The van der Waals surface area contributed by atoms with Crippen molar-refractivity contribution in [2.75, 3.05) is 18.0 Å². The fourth-order valence-electron chi connectivity index (χ4n) is 2.62. The Morgan fingerprint density at radius 1 is 1.32 bits per heavy atom. The van der Waals surface area contributed by atoms with E-state index in [2.05, 4.69) is 0 Å². The average Bonchev–Trinajstić information content (AvgIpc) is 2.91. The fourth-order valence-corrected chi connectivity index (χ4v) is 3.37. The van der Waals surface area contributed by atoms with Crippen molar-refractivity contribution in [3.8, 4) is 0 Å². The summed E-state index contributed by atoms with van der Waals surface area (Å²) in [6.45, 7) is 0.741. The van der Waals surface area contributed by atoms with E-state index in [0.717, 1.165) is 11.3 Å². The molecule has 2 heterocycles. The Labute approximate surface area is 132 Å². The standard InChI is InChI=1S/C15H18N2O4S/c16-7-11-8-17(15(20)21-11)10-3-1-9(2-4-10)12-5-6-22-14(19)13(12)18/h1-6,11-14,18-19H,7-8,16H2/t11-,12?,13?,14?/m0/s1. The van der Waals surface area contributed by atoms with E-state index in [1.165, 1.54) is 11.8 Å². The summed E-state index contributed by atoms with van der Waals surface area (Å²) >= 11 is 1.19. The molecule has 4 N–H and O–H groups in total. The van der Waals surface area contributed by atoms with Crippen molar-refractivity contribution >= 4 is 23.5 Å².